The van der Waals surface area contributed by atoms with Crippen molar-refractivity contribution < 1.29 is 4.74 Å². The van der Waals surface area contributed by atoms with Crippen LogP contribution in [0.25, 0.3) is 0 Å². The lowest BCUT2D eigenvalue weighted by Crippen LogP contribution is -2.15. The van der Waals surface area contributed by atoms with Gasteiger partial charge < -0.3 is 10.1 Å². The van der Waals surface area contributed by atoms with Gasteiger partial charge in [-0.2, -0.15) is 5.10 Å². The molecule has 1 aromatic carbocycles. The molecule has 0 aliphatic carbocycles. The molecule has 5 heteroatoms. The first-order valence-corrected chi connectivity index (χ1v) is 6.95. The second-order valence-corrected chi connectivity index (χ2v) is 4.85. The standard InChI is InChI=1S/C15H22N4O/c1-4-7-16-9-15-17-11-19(18-15)10-13-8-12(2)5-6-14(13)20-3/h5-6,8,11,16H,4,7,9-10H2,1-3H3. The molecule has 0 fully saturated rings. The van der Waals surface area contributed by atoms with E-state index in [4.69, 9.17) is 4.74 Å². The number of aryl methyl sites for hydroxylation is 1. The molecule has 0 saturated carbocycles. The summed E-state index contributed by atoms with van der Waals surface area (Å²) in [6.45, 7) is 6.59. The number of ether oxygens (including phenoxy) is 1. The van der Waals surface area contributed by atoms with Gasteiger partial charge in [0.1, 0.15) is 12.1 Å². The molecule has 0 aliphatic rings. The highest BCUT2D eigenvalue weighted by Crippen LogP contribution is 2.20. The van der Waals surface area contributed by atoms with Crippen LogP contribution in [-0.2, 0) is 13.1 Å². The fourth-order valence-electron chi connectivity index (χ4n) is 2.07. The summed E-state index contributed by atoms with van der Waals surface area (Å²) < 4.78 is 7.23. The van der Waals surface area contributed by atoms with Crippen LogP contribution in [0.1, 0.15) is 30.3 Å². The third-order valence-electron chi connectivity index (χ3n) is 3.06. The molecule has 0 aliphatic heterocycles. The van der Waals surface area contributed by atoms with E-state index in [-0.39, 0.29) is 0 Å². The maximum absolute atomic E-state index is 5.38. The van der Waals surface area contributed by atoms with Crippen LogP contribution < -0.4 is 10.1 Å². The van der Waals surface area contributed by atoms with Gasteiger partial charge in [0.25, 0.3) is 0 Å². The first kappa shape index (κ1) is 14.5. The Morgan fingerprint density at radius 3 is 2.95 bits per heavy atom. The van der Waals surface area contributed by atoms with Crippen molar-refractivity contribution in [2.24, 2.45) is 0 Å². The molecule has 0 bridgehead atoms. The smallest absolute Gasteiger partial charge is 0.164 e. The Labute approximate surface area is 120 Å². The van der Waals surface area contributed by atoms with Crippen molar-refractivity contribution in [2.75, 3.05) is 13.7 Å². The molecule has 0 spiro atoms. The zero-order valence-corrected chi connectivity index (χ0v) is 12.4. The Morgan fingerprint density at radius 1 is 1.35 bits per heavy atom. The van der Waals surface area contributed by atoms with Gasteiger partial charge >= 0.3 is 0 Å². The minimum Gasteiger partial charge on any atom is -0.496 e. The molecule has 1 aromatic heterocycles. The number of rotatable bonds is 7. The lowest BCUT2D eigenvalue weighted by molar-refractivity contribution is 0.407. The number of hydrogen-bond acceptors (Lipinski definition) is 4. The highest BCUT2D eigenvalue weighted by molar-refractivity contribution is 5.36. The molecule has 2 aromatic rings. The number of nitrogens with one attached hydrogen (secondary N) is 1. The van der Waals surface area contributed by atoms with E-state index in [0.717, 1.165) is 30.1 Å². The fraction of sp³-hybridized carbons (Fsp3) is 0.467. The second-order valence-electron chi connectivity index (χ2n) is 4.85. The number of aromatic nitrogens is 3. The van der Waals surface area contributed by atoms with Gasteiger partial charge in [-0.1, -0.05) is 24.6 Å². The number of hydrogen-bond donors (Lipinski definition) is 1. The van der Waals surface area contributed by atoms with Crippen molar-refractivity contribution in [3.8, 4) is 5.75 Å². The summed E-state index contributed by atoms with van der Waals surface area (Å²) in [5, 5.41) is 7.77. The molecule has 0 unspecified atom stereocenters. The van der Waals surface area contributed by atoms with Gasteiger partial charge in [-0.15, -0.1) is 0 Å². The van der Waals surface area contributed by atoms with Gasteiger partial charge in [0.05, 0.1) is 20.2 Å². The van der Waals surface area contributed by atoms with Crippen molar-refractivity contribution in [2.45, 2.75) is 33.4 Å². The average molecular weight is 274 g/mol. The van der Waals surface area contributed by atoms with Crippen LogP contribution in [0, 0.1) is 6.92 Å². The zero-order valence-electron chi connectivity index (χ0n) is 12.4. The van der Waals surface area contributed by atoms with E-state index in [1.165, 1.54) is 5.56 Å². The Balaban J connectivity index is 2.04. The number of nitrogens with zero attached hydrogens (tertiary/aromatic N) is 3. The van der Waals surface area contributed by atoms with Gasteiger partial charge in [0.2, 0.25) is 0 Å². The number of methoxy groups -OCH3 is 1. The zero-order chi connectivity index (χ0) is 14.4. The molecular weight excluding hydrogens is 252 g/mol. The second kappa shape index (κ2) is 7.05. The average Bonchev–Trinajstić information content (AvgIpc) is 2.87. The first-order chi connectivity index (χ1) is 9.72. The molecular formula is C15H22N4O. The highest BCUT2D eigenvalue weighted by atomic mass is 16.5. The summed E-state index contributed by atoms with van der Waals surface area (Å²) in [5.41, 5.74) is 2.33. The third kappa shape index (κ3) is 3.81. The van der Waals surface area contributed by atoms with E-state index in [1.54, 1.807) is 13.4 Å². The van der Waals surface area contributed by atoms with Crippen molar-refractivity contribution in [1.29, 1.82) is 0 Å². The summed E-state index contributed by atoms with van der Waals surface area (Å²) >= 11 is 0. The van der Waals surface area contributed by atoms with Gasteiger partial charge in [-0.05, 0) is 26.0 Å². The minimum absolute atomic E-state index is 0.672. The topological polar surface area (TPSA) is 52.0 Å². The summed E-state index contributed by atoms with van der Waals surface area (Å²) in [4.78, 5) is 4.31. The maximum atomic E-state index is 5.38. The summed E-state index contributed by atoms with van der Waals surface area (Å²) in [6, 6.07) is 6.16. The predicted octanol–water partition coefficient (Wildman–Crippen LogP) is 2.14. The Morgan fingerprint density at radius 2 is 2.20 bits per heavy atom. The maximum Gasteiger partial charge on any atom is 0.164 e. The lowest BCUT2D eigenvalue weighted by Gasteiger charge is -2.09. The van der Waals surface area contributed by atoms with Gasteiger partial charge in [0.15, 0.2) is 5.82 Å². The monoisotopic (exact) mass is 274 g/mol. The van der Waals surface area contributed by atoms with Crippen LogP contribution in [-0.4, -0.2) is 28.4 Å². The van der Waals surface area contributed by atoms with Crippen molar-refractivity contribution in [1.82, 2.24) is 20.1 Å². The number of benzene rings is 1. The molecule has 108 valence electrons. The largest absolute Gasteiger partial charge is 0.496 e. The van der Waals surface area contributed by atoms with Crippen LogP contribution in [0.5, 0.6) is 5.75 Å². The Kier molecular flexibility index (Phi) is 5.12. The minimum atomic E-state index is 0.672. The predicted molar refractivity (Wildman–Crippen MR) is 78.9 cm³/mol. The molecule has 1 heterocycles. The molecule has 2 rings (SSSR count). The summed E-state index contributed by atoms with van der Waals surface area (Å²) in [6.07, 6.45) is 2.88. The first-order valence-electron chi connectivity index (χ1n) is 6.95. The van der Waals surface area contributed by atoms with Crippen LogP contribution in [0.2, 0.25) is 0 Å². The van der Waals surface area contributed by atoms with E-state index in [2.05, 4.69) is 35.3 Å². The van der Waals surface area contributed by atoms with E-state index in [1.807, 2.05) is 16.8 Å². The third-order valence-corrected chi connectivity index (χ3v) is 3.06. The molecule has 0 atom stereocenters. The van der Waals surface area contributed by atoms with Crippen molar-refractivity contribution in [3.05, 3.63) is 41.5 Å². The van der Waals surface area contributed by atoms with Gasteiger partial charge in [-0.25, -0.2) is 9.67 Å². The van der Waals surface area contributed by atoms with Crippen LogP contribution >= 0.6 is 0 Å². The van der Waals surface area contributed by atoms with E-state index >= 15 is 0 Å². The quantitative estimate of drug-likeness (QED) is 0.786. The fourth-order valence-corrected chi connectivity index (χ4v) is 2.07. The van der Waals surface area contributed by atoms with Crippen molar-refractivity contribution in [3.63, 3.8) is 0 Å². The normalized spacial score (nSPS) is 10.8. The van der Waals surface area contributed by atoms with Crippen molar-refractivity contribution >= 4 is 0 Å². The van der Waals surface area contributed by atoms with E-state index in [0.29, 0.717) is 13.1 Å². The van der Waals surface area contributed by atoms with Crippen LogP contribution in [0.3, 0.4) is 0 Å². The van der Waals surface area contributed by atoms with Crippen LogP contribution in [0.4, 0.5) is 0 Å². The summed E-state index contributed by atoms with van der Waals surface area (Å²) in [5.74, 6) is 1.71. The SMILES string of the molecule is CCCNCc1ncn(Cc2cc(C)ccc2OC)n1. The van der Waals surface area contributed by atoms with E-state index in [9.17, 15) is 0 Å². The molecule has 0 amide bonds. The lowest BCUT2D eigenvalue weighted by atomic mass is 10.1. The molecule has 1 N–H and O–H groups in total. The Hall–Kier alpha value is -1.88. The van der Waals surface area contributed by atoms with Crippen LogP contribution in [0.15, 0.2) is 24.5 Å². The molecule has 0 radical (unpaired) electrons. The Bertz CT molecular complexity index is 551. The molecule has 20 heavy (non-hydrogen) atoms. The van der Waals surface area contributed by atoms with Gasteiger partial charge in [0, 0.05) is 5.56 Å². The van der Waals surface area contributed by atoms with Gasteiger partial charge in [-0.3, -0.25) is 0 Å². The summed E-state index contributed by atoms with van der Waals surface area (Å²) in [7, 11) is 1.69. The molecule has 0 saturated heterocycles. The molecule has 5 nitrogen and oxygen atoms in total. The highest BCUT2D eigenvalue weighted by Gasteiger charge is 2.06. The van der Waals surface area contributed by atoms with E-state index < -0.39 is 0 Å².